The molecule has 4 aliphatic heterocycles. The molecular formula is C22H30N6O3. The molecule has 1 aromatic heterocycles. The normalized spacial score (nSPS) is 28.4. The SMILES string of the molecule is Cc1cnc(C(=O)N2CCN(C(=O)N3C[C@H]4C[C@H](C3)[C@H]3CCCC(=O)N3C4)CC2)cn1. The molecule has 5 heterocycles. The predicted molar refractivity (Wildman–Crippen MR) is 112 cm³/mol. The van der Waals surface area contributed by atoms with Gasteiger partial charge in [-0.05, 0) is 38.0 Å². The highest BCUT2D eigenvalue weighted by Crippen LogP contribution is 2.38. The van der Waals surface area contributed by atoms with Gasteiger partial charge in [0.2, 0.25) is 5.91 Å². The molecule has 4 aliphatic rings. The van der Waals surface area contributed by atoms with Gasteiger partial charge in [0.1, 0.15) is 5.69 Å². The van der Waals surface area contributed by atoms with Crippen LogP contribution in [0.2, 0.25) is 0 Å². The monoisotopic (exact) mass is 426 g/mol. The van der Waals surface area contributed by atoms with Crippen LogP contribution in [0.4, 0.5) is 4.79 Å². The molecule has 166 valence electrons. The lowest BCUT2D eigenvalue weighted by atomic mass is 9.76. The zero-order valence-corrected chi connectivity index (χ0v) is 18.1. The van der Waals surface area contributed by atoms with Gasteiger partial charge in [-0.2, -0.15) is 0 Å². The first-order valence-electron chi connectivity index (χ1n) is 11.4. The van der Waals surface area contributed by atoms with E-state index < -0.39 is 0 Å². The Hall–Kier alpha value is -2.71. The quantitative estimate of drug-likeness (QED) is 0.668. The highest BCUT2D eigenvalue weighted by Gasteiger charge is 2.45. The van der Waals surface area contributed by atoms with Crippen molar-refractivity contribution in [3.8, 4) is 0 Å². The first-order chi connectivity index (χ1) is 15.0. The standard InChI is InChI=1S/C22H30N6O3/c1-15-10-24-18(11-23-15)21(30)25-5-7-26(8-6-25)22(31)27-12-16-9-17(14-27)19-3-2-4-20(29)28(19)13-16/h10-11,16-17,19H,2-9,12-14H2,1H3/t16-,17-,19-/m1/s1. The first-order valence-corrected chi connectivity index (χ1v) is 11.4. The van der Waals surface area contributed by atoms with Crippen molar-refractivity contribution in [1.29, 1.82) is 0 Å². The van der Waals surface area contributed by atoms with Gasteiger partial charge in [-0.3, -0.25) is 14.6 Å². The molecule has 4 amide bonds. The summed E-state index contributed by atoms with van der Waals surface area (Å²) in [6.07, 6.45) is 6.94. The van der Waals surface area contributed by atoms with Crippen molar-refractivity contribution in [3.05, 3.63) is 23.8 Å². The van der Waals surface area contributed by atoms with Crippen LogP contribution in [0, 0.1) is 18.8 Å². The van der Waals surface area contributed by atoms with Gasteiger partial charge in [-0.1, -0.05) is 0 Å². The second kappa shape index (κ2) is 8.09. The van der Waals surface area contributed by atoms with Gasteiger partial charge < -0.3 is 19.6 Å². The number of piperazine rings is 1. The lowest BCUT2D eigenvalue weighted by Gasteiger charge is -2.53. The predicted octanol–water partition coefficient (Wildman–Crippen LogP) is 0.996. The highest BCUT2D eigenvalue weighted by molar-refractivity contribution is 5.92. The van der Waals surface area contributed by atoms with Gasteiger partial charge in [0.05, 0.1) is 11.9 Å². The van der Waals surface area contributed by atoms with Gasteiger partial charge in [0.25, 0.3) is 5.91 Å². The molecule has 4 fully saturated rings. The lowest BCUT2D eigenvalue weighted by molar-refractivity contribution is -0.144. The van der Waals surface area contributed by atoms with Gasteiger partial charge >= 0.3 is 6.03 Å². The Bertz CT molecular complexity index is 867. The number of carbonyl (C=O) groups excluding carboxylic acids is 3. The largest absolute Gasteiger partial charge is 0.339 e. The number of hydrogen-bond donors (Lipinski definition) is 0. The molecule has 1 aromatic rings. The van der Waals surface area contributed by atoms with Crippen molar-refractivity contribution in [3.63, 3.8) is 0 Å². The van der Waals surface area contributed by atoms with Crippen LogP contribution in [0.1, 0.15) is 41.9 Å². The van der Waals surface area contributed by atoms with E-state index in [9.17, 15) is 14.4 Å². The van der Waals surface area contributed by atoms with Gasteiger partial charge in [-0.15, -0.1) is 0 Å². The first kappa shape index (κ1) is 20.2. The van der Waals surface area contributed by atoms with Crippen molar-refractivity contribution in [2.24, 2.45) is 11.8 Å². The summed E-state index contributed by atoms with van der Waals surface area (Å²) in [4.78, 5) is 54.3. The smallest absolute Gasteiger partial charge is 0.320 e. The summed E-state index contributed by atoms with van der Waals surface area (Å²) in [7, 11) is 0. The summed E-state index contributed by atoms with van der Waals surface area (Å²) in [5, 5.41) is 0. The van der Waals surface area contributed by atoms with E-state index in [0.717, 1.165) is 44.6 Å². The Morgan fingerprint density at radius 1 is 0.968 bits per heavy atom. The van der Waals surface area contributed by atoms with E-state index in [1.165, 1.54) is 6.20 Å². The molecule has 5 rings (SSSR count). The maximum absolute atomic E-state index is 13.2. The van der Waals surface area contributed by atoms with Crippen LogP contribution in [-0.4, -0.2) is 99.3 Å². The van der Waals surface area contributed by atoms with Crippen molar-refractivity contribution in [1.82, 2.24) is 29.6 Å². The highest BCUT2D eigenvalue weighted by atomic mass is 16.2. The number of nitrogens with zero attached hydrogens (tertiary/aromatic N) is 6. The molecule has 2 bridgehead atoms. The topological polar surface area (TPSA) is 90.0 Å². The molecule has 0 radical (unpaired) electrons. The molecule has 3 atom stereocenters. The van der Waals surface area contributed by atoms with E-state index in [-0.39, 0.29) is 11.9 Å². The third-order valence-electron chi connectivity index (χ3n) is 7.29. The number of aromatic nitrogens is 2. The number of urea groups is 1. The van der Waals surface area contributed by atoms with Crippen LogP contribution in [0.5, 0.6) is 0 Å². The number of amides is 4. The number of fused-ring (bicyclic) bond motifs is 4. The Balaban J connectivity index is 1.18. The Morgan fingerprint density at radius 2 is 1.74 bits per heavy atom. The van der Waals surface area contributed by atoms with E-state index in [0.29, 0.717) is 62.1 Å². The molecule has 0 aromatic carbocycles. The molecule has 9 heteroatoms. The molecule has 0 unspecified atom stereocenters. The maximum atomic E-state index is 13.2. The minimum Gasteiger partial charge on any atom is -0.339 e. The van der Waals surface area contributed by atoms with Crippen molar-refractivity contribution in [2.45, 2.75) is 38.6 Å². The maximum Gasteiger partial charge on any atom is 0.320 e. The van der Waals surface area contributed by atoms with E-state index >= 15 is 0 Å². The number of piperidine rings is 3. The van der Waals surface area contributed by atoms with E-state index in [1.807, 2.05) is 16.7 Å². The minimum absolute atomic E-state index is 0.0764. The van der Waals surface area contributed by atoms with Crippen LogP contribution in [0.3, 0.4) is 0 Å². The number of hydrogen-bond acceptors (Lipinski definition) is 5. The second-order valence-electron chi connectivity index (χ2n) is 9.38. The summed E-state index contributed by atoms with van der Waals surface area (Å²) in [5.41, 5.74) is 1.12. The summed E-state index contributed by atoms with van der Waals surface area (Å²) in [6, 6.07) is 0.380. The summed E-state index contributed by atoms with van der Waals surface area (Å²) in [6.45, 7) is 6.17. The molecule has 9 nitrogen and oxygen atoms in total. The zero-order valence-electron chi connectivity index (χ0n) is 18.1. The fraction of sp³-hybridized carbons (Fsp3) is 0.682. The van der Waals surface area contributed by atoms with Crippen LogP contribution in [0.15, 0.2) is 12.4 Å². The minimum atomic E-state index is -0.130. The van der Waals surface area contributed by atoms with Crippen LogP contribution in [0.25, 0.3) is 0 Å². The molecule has 0 N–H and O–H groups in total. The van der Waals surface area contributed by atoms with Crippen LogP contribution >= 0.6 is 0 Å². The van der Waals surface area contributed by atoms with Crippen molar-refractivity contribution in [2.75, 3.05) is 45.8 Å². The average Bonchev–Trinajstić information content (AvgIpc) is 2.79. The molecule has 4 saturated heterocycles. The van der Waals surface area contributed by atoms with Gasteiger partial charge in [0, 0.05) is 64.5 Å². The molecule has 0 saturated carbocycles. The second-order valence-corrected chi connectivity index (χ2v) is 9.38. The van der Waals surface area contributed by atoms with E-state index in [4.69, 9.17) is 0 Å². The fourth-order valence-corrected chi connectivity index (χ4v) is 5.73. The lowest BCUT2D eigenvalue weighted by Crippen LogP contribution is -2.63. The zero-order chi connectivity index (χ0) is 21.5. The fourth-order valence-electron chi connectivity index (χ4n) is 5.73. The molecule has 0 aliphatic carbocycles. The summed E-state index contributed by atoms with van der Waals surface area (Å²) >= 11 is 0. The van der Waals surface area contributed by atoms with E-state index in [2.05, 4.69) is 14.9 Å². The molecule has 31 heavy (non-hydrogen) atoms. The van der Waals surface area contributed by atoms with Crippen LogP contribution in [-0.2, 0) is 4.79 Å². The van der Waals surface area contributed by atoms with Gasteiger partial charge in [-0.25, -0.2) is 9.78 Å². The number of rotatable bonds is 1. The average molecular weight is 427 g/mol. The number of carbonyl (C=O) groups is 3. The van der Waals surface area contributed by atoms with E-state index in [1.54, 1.807) is 11.1 Å². The van der Waals surface area contributed by atoms with Gasteiger partial charge in [0.15, 0.2) is 0 Å². The number of aryl methyl sites for hydroxylation is 1. The van der Waals surface area contributed by atoms with Crippen molar-refractivity contribution >= 4 is 17.8 Å². The third-order valence-corrected chi connectivity index (χ3v) is 7.29. The Morgan fingerprint density at radius 3 is 2.48 bits per heavy atom. The number of likely N-dealkylation sites (tertiary alicyclic amines) is 1. The summed E-state index contributed by atoms with van der Waals surface area (Å²) in [5.74, 6) is 0.937. The third kappa shape index (κ3) is 3.85. The molecular weight excluding hydrogens is 396 g/mol. The van der Waals surface area contributed by atoms with Crippen molar-refractivity contribution < 1.29 is 14.4 Å². The Kier molecular flexibility index (Phi) is 5.27. The molecule has 0 spiro atoms. The van der Waals surface area contributed by atoms with Crippen LogP contribution < -0.4 is 0 Å². The summed E-state index contributed by atoms with van der Waals surface area (Å²) < 4.78 is 0. The Labute approximate surface area is 182 Å².